The third-order valence-corrected chi connectivity index (χ3v) is 4.11. The Morgan fingerprint density at radius 2 is 2.05 bits per heavy atom. The number of anilines is 2. The molecule has 1 atom stereocenters. The monoisotopic (exact) mass is 282 g/mol. The molecule has 3 rings (SSSR count). The Morgan fingerprint density at radius 3 is 2.86 bits per heavy atom. The molecule has 2 aromatic rings. The summed E-state index contributed by atoms with van der Waals surface area (Å²) in [5.74, 6) is 1.53. The van der Waals surface area contributed by atoms with Crippen LogP contribution in [0, 0.1) is 5.92 Å². The zero-order valence-corrected chi connectivity index (χ0v) is 12.7. The van der Waals surface area contributed by atoms with Gasteiger partial charge in [0.2, 0.25) is 0 Å². The molecule has 0 amide bonds. The van der Waals surface area contributed by atoms with Crippen molar-refractivity contribution in [3.05, 3.63) is 53.6 Å². The Morgan fingerprint density at radius 1 is 1.24 bits per heavy atom. The molecule has 3 heteroatoms. The first-order chi connectivity index (χ1) is 10.2. The van der Waals surface area contributed by atoms with E-state index in [4.69, 9.17) is 10.5 Å². The lowest BCUT2D eigenvalue weighted by atomic mass is 9.93. The molecule has 0 spiro atoms. The maximum Gasteiger partial charge on any atom is 0.125 e. The molecule has 1 aliphatic rings. The molecule has 1 aliphatic heterocycles. The Labute approximate surface area is 126 Å². The number of para-hydroxylation sites is 1. The molecule has 0 fully saturated rings. The van der Waals surface area contributed by atoms with Crippen molar-refractivity contribution >= 4 is 11.4 Å². The van der Waals surface area contributed by atoms with E-state index in [0.717, 1.165) is 30.9 Å². The molecule has 2 N–H and O–H groups in total. The number of hydrogen-bond acceptors (Lipinski definition) is 3. The van der Waals surface area contributed by atoms with Crippen molar-refractivity contribution < 1.29 is 4.74 Å². The fourth-order valence-corrected chi connectivity index (χ4v) is 3.15. The summed E-state index contributed by atoms with van der Waals surface area (Å²) in [6.07, 6.45) is 1.16. The minimum atomic E-state index is 0.666. The molecule has 0 aliphatic carbocycles. The number of nitrogens with zero attached hydrogens (tertiary/aromatic N) is 1. The van der Waals surface area contributed by atoms with E-state index >= 15 is 0 Å². The number of nitrogen functional groups attached to an aromatic ring is 1. The van der Waals surface area contributed by atoms with Gasteiger partial charge in [0.25, 0.3) is 0 Å². The van der Waals surface area contributed by atoms with Gasteiger partial charge in [0.05, 0.1) is 7.11 Å². The standard InChI is InChI=1S/C18H22N2O/c1-13-9-14-5-3-4-6-17(14)20(11-13)12-15-7-8-16(19)10-18(15)21-2/h3-8,10,13H,9,11-12,19H2,1-2H3. The Kier molecular flexibility index (Phi) is 3.74. The molecule has 0 saturated heterocycles. The summed E-state index contributed by atoms with van der Waals surface area (Å²) in [6, 6.07) is 14.6. The summed E-state index contributed by atoms with van der Waals surface area (Å²) in [5, 5.41) is 0. The number of hydrogen-bond donors (Lipinski definition) is 1. The SMILES string of the molecule is COc1cc(N)ccc1CN1CC(C)Cc2ccccc21. The molecule has 110 valence electrons. The molecule has 1 heterocycles. The Hall–Kier alpha value is -2.16. The predicted octanol–water partition coefficient (Wildman–Crippen LogP) is 3.48. The van der Waals surface area contributed by atoms with Crippen molar-refractivity contribution in [2.75, 3.05) is 24.3 Å². The first-order valence-corrected chi connectivity index (χ1v) is 7.42. The second-order valence-electron chi connectivity index (χ2n) is 5.89. The van der Waals surface area contributed by atoms with E-state index < -0.39 is 0 Å². The quantitative estimate of drug-likeness (QED) is 0.876. The second-order valence-corrected chi connectivity index (χ2v) is 5.89. The van der Waals surface area contributed by atoms with E-state index in [1.54, 1.807) is 7.11 Å². The minimum absolute atomic E-state index is 0.666. The normalized spacial score (nSPS) is 17.4. The molecular formula is C18H22N2O. The Bertz CT molecular complexity index is 639. The second kappa shape index (κ2) is 5.68. The highest BCUT2D eigenvalue weighted by Crippen LogP contribution is 2.32. The van der Waals surface area contributed by atoms with Crippen LogP contribution in [-0.4, -0.2) is 13.7 Å². The van der Waals surface area contributed by atoms with E-state index in [1.807, 2.05) is 12.1 Å². The van der Waals surface area contributed by atoms with Gasteiger partial charge in [-0.2, -0.15) is 0 Å². The fraction of sp³-hybridized carbons (Fsp3) is 0.333. The van der Waals surface area contributed by atoms with Gasteiger partial charge in [0.1, 0.15) is 5.75 Å². The lowest BCUT2D eigenvalue weighted by molar-refractivity contribution is 0.408. The van der Waals surface area contributed by atoms with Crippen LogP contribution in [0.5, 0.6) is 5.75 Å². The maximum atomic E-state index is 5.84. The predicted molar refractivity (Wildman–Crippen MR) is 87.8 cm³/mol. The number of methoxy groups -OCH3 is 1. The van der Waals surface area contributed by atoms with Crippen LogP contribution in [0.2, 0.25) is 0 Å². The third-order valence-electron chi connectivity index (χ3n) is 4.11. The van der Waals surface area contributed by atoms with E-state index in [1.165, 1.54) is 16.8 Å². The van der Waals surface area contributed by atoms with Crippen LogP contribution in [0.15, 0.2) is 42.5 Å². The lowest BCUT2D eigenvalue weighted by Gasteiger charge is -2.35. The molecule has 0 saturated carbocycles. The summed E-state index contributed by atoms with van der Waals surface area (Å²) in [6.45, 7) is 4.23. The van der Waals surface area contributed by atoms with Gasteiger partial charge in [-0.3, -0.25) is 0 Å². The molecular weight excluding hydrogens is 260 g/mol. The first-order valence-electron chi connectivity index (χ1n) is 7.42. The topological polar surface area (TPSA) is 38.5 Å². The van der Waals surface area contributed by atoms with Crippen molar-refractivity contribution in [2.45, 2.75) is 19.9 Å². The smallest absolute Gasteiger partial charge is 0.125 e. The highest BCUT2D eigenvalue weighted by atomic mass is 16.5. The summed E-state index contributed by atoms with van der Waals surface area (Å²) in [4.78, 5) is 2.44. The molecule has 21 heavy (non-hydrogen) atoms. The third kappa shape index (κ3) is 2.82. The van der Waals surface area contributed by atoms with Crippen LogP contribution in [0.3, 0.4) is 0 Å². The summed E-state index contributed by atoms with van der Waals surface area (Å²) < 4.78 is 5.48. The number of benzene rings is 2. The largest absolute Gasteiger partial charge is 0.496 e. The maximum absolute atomic E-state index is 5.84. The van der Waals surface area contributed by atoms with Crippen LogP contribution in [0.4, 0.5) is 11.4 Å². The van der Waals surface area contributed by atoms with Gasteiger partial charge in [0.15, 0.2) is 0 Å². The van der Waals surface area contributed by atoms with Crippen LogP contribution < -0.4 is 15.4 Å². The number of ether oxygens (including phenoxy) is 1. The van der Waals surface area contributed by atoms with Gasteiger partial charge < -0.3 is 15.4 Å². The highest BCUT2D eigenvalue weighted by molar-refractivity contribution is 5.57. The Balaban J connectivity index is 1.92. The molecule has 0 aromatic heterocycles. The highest BCUT2D eigenvalue weighted by Gasteiger charge is 2.22. The van der Waals surface area contributed by atoms with Crippen molar-refractivity contribution in [1.29, 1.82) is 0 Å². The molecule has 0 bridgehead atoms. The van der Waals surface area contributed by atoms with Gasteiger partial charge in [-0.05, 0) is 30.0 Å². The zero-order valence-electron chi connectivity index (χ0n) is 12.7. The minimum Gasteiger partial charge on any atom is -0.496 e. The van der Waals surface area contributed by atoms with E-state index in [-0.39, 0.29) is 0 Å². The number of fused-ring (bicyclic) bond motifs is 1. The van der Waals surface area contributed by atoms with E-state index in [9.17, 15) is 0 Å². The lowest BCUT2D eigenvalue weighted by Crippen LogP contribution is -2.33. The van der Waals surface area contributed by atoms with Crippen molar-refractivity contribution in [2.24, 2.45) is 5.92 Å². The summed E-state index contributed by atoms with van der Waals surface area (Å²) in [7, 11) is 1.70. The van der Waals surface area contributed by atoms with Crippen molar-refractivity contribution in [3.8, 4) is 5.75 Å². The number of nitrogens with two attached hydrogens (primary N) is 1. The van der Waals surface area contributed by atoms with Gasteiger partial charge in [-0.1, -0.05) is 31.2 Å². The van der Waals surface area contributed by atoms with Gasteiger partial charge in [-0.25, -0.2) is 0 Å². The van der Waals surface area contributed by atoms with E-state index in [2.05, 4.69) is 42.2 Å². The summed E-state index contributed by atoms with van der Waals surface area (Å²) in [5.41, 5.74) is 10.5. The van der Waals surface area contributed by atoms with Gasteiger partial charge >= 0.3 is 0 Å². The van der Waals surface area contributed by atoms with Gasteiger partial charge in [-0.15, -0.1) is 0 Å². The van der Waals surface area contributed by atoms with Crippen molar-refractivity contribution in [3.63, 3.8) is 0 Å². The number of rotatable bonds is 3. The molecule has 3 nitrogen and oxygen atoms in total. The van der Waals surface area contributed by atoms with Crippen molar-refractivity contribution in [1.82, 2.24) is 0 Å². The van der Waals surface area contributed by atoms with Crippen LogP contribution in [0.25, 0.3) is 0 Å². The molecule has 0 radical (unpaired) electrons. The average molecular weight is 282 g/mol. The van der Waals surface area contributed by atoms with Gasteiger partial charge in [0, 0.05) is 36.1 Å². The van der Waals surface area contributed by atoms with Crippen LogP contribution in [0.1, 0.15) is 18.1 Å². The van der Waals surface area contributed by atoms with E-state index in [0.29, 0.717) is 5.92 Å². The zero-order chi connectivity index (χ0) is 14.8. The average Bonchev–Trinajstić information content (AvgIpc) is 2.48. The summed E-state index contributed by atoms with van der Waals surface area (Å²) >= 11 is 0. The van der Waals surface area contributed by atoms with Crippen LogP contribution in [-0.2, 0) is 13.0 Å². The molecule has 2 aromatic carbocycles. The van der Waals surface area contributed by atoms with Crippen LogP contribution >= 0.6 is 0 Å². The first kappa shape index (κ1) is 13.8. The molecule has 1 unspecified atom stereocenters. The fourth-order valence-electron chi connectivity index (χ4n) is 3.15.